The van der Waals surface area contributed by atoms with Gasteiger partial charge in [0.25, 0.3) is 0 Å². The molecule has 0 amide bonds. The monoisotopic (exact) mass is 394 g/mol. The number of aromatic amines is 2. The van der Waals surface area contributed by atoms with Crippen molar-refractivity contribution < 1.29 is 0 Å². The van der Waals surface area contributed by atoms with Gasteiger partial charge in [-0.25, -0.2) is 4.98 Å². The molecule has 0 unspecified atom stereocenters. The first kappa shape index (κ1) is 17.5. The Labute approximate surface area is 168 Å². The molecule has 0 atom stereocenters. The number of piperidine rings is 1. The largest absolute Gasteiger partial charge is 0.371 e. The minimum absolute atomic E-state index is 0.577. The molecule has 1 aliphatic rings. The zero-order valence-corrected chi connectivity index (χ0v) is 16.8. The lowest BCUT2D eigenvalue weighted by molar-refractivity contribution is 0.253. The predicted molar refractivity (Wildman–Crippen MR) is 115 cm³/mol. The summed E-state index contributed by atoms with van der Waals surface area (Å²) in [5.74, 6) is 0.752. The van der Waals surface area contributed by atoms with Crippen LogP contribution in [0.5, 0.6) is 0 Å². The first-order valence-corrected chi connectivity index (χ1v) is 10.0. The van der Waals surface area contributed by atoms with Gasteiger partial charge in [-0.05, 0) is 69.4 Å². The van der Waals surface area contributed by atoms with E-state index in [9.17, 15) is 0 Å². The molecule has 3 heterocycles. The van der Waals surface area contributed by atoms with Gasteiger partial charge >= 0.3 is 0 Å². The van der Waals surface area contributed by atoms with Crippen LogP contribution in [0.1, 0.15) is 12.8 Å². The molecule has 28 heavy (non-hydrogen) atoms. The lowest BCUT2D eigenvalue weighted by Gasteiger charge is -2.36. The van der Waals surface area contributed by atoms with Crippen LogP contribution >= 0.6 is 11.6 Å². The highest BCUT2D eigenvalue weighted by Gasteiger charge is 2.21. The van der Waals surface area contributed by atoms with Gasteiger partial charge in [-0.3, -0.25) is 5.10 Å². The summed E-state index contributed by atoms with van der Waals surface area (Å²) in [4.78, 5) is 13.0. The second-order valence-corrected chi connectivity index (χ2v) is 8.13. The zero-order valence-electron chi connectivity index (χ0n) is 16.0. The quantitative estimate of drug-likeness (QED) is 0.544. The van der Waals surface area contributed by atoms with E-state index in [4.69, 9.17) is 16.6 Å². The van der Waals surface area contributed by atoms with Crippen molar-refractivity contribution in [1.29, 1.82) is 0 Å². The lowest BCUT2D eigenvalue weighted by Crippen LogP contribution is -2.41. The standard InChI is InChI=1S/C21H23ClN6/c1-27-9-7-14(8-10-27)28(2)15-4-6-18-19(12-15)24-21(23-18)20-16-11-13(22)3-5-17(16)25-26-20/h3-6,11-12,14H,7-10H2,1-2H3,(H,23,24)(H,25,26). The Hall–Kier alpha value is -2.57. The van der Waals surface area contributed by atoms with Crippen LogP contribution in [0.4, 0.5) is 5.69 Å². The smallest absolute Gasteiger partial charge is 0.159 e. The van der Waals surface area contributed by atoms with Crippen molar-refractivity contribution in [3.8, 4) is 11.5 Å². The second kappa shape index (κ2) is 6.79. The van der Waals surface area contributed by atoms with Crippen molar-refractivity contribution in [2.24, 2.45) is 0 Å². The van der Waals surface area contributed by atoms with E-state index in [2.05, 4.69) is 57.3 Å². The molecule has 2 aromatic carbocycles. The Kier molecular flexibility index (Phi) is 4.25. The SMILES string of the molecule is CN1CCC(N(C)c2ccc3nc(-c4n[nH]c5ccc(Cl)cc45)[nH]c3c2)CC1. The molecule has 1 aliphatic heterocycles. The minimum Gasteiger partial charge on any atom is -0.371 e. The number of fused-ring (bicyclic) bond motifs is 2. The van der Waals surface area contributed by atoms with Gasteiger partial charge in [0, 0.05) is 29.2 Å². The molecule has 0 radical (unpaired) electrons. The maximum atomic E-state index is 6.17. The molecule has 7 heteroatoms. The number of hydrogen-bond acceptors (Lipinski definition) is 4. The molecule has 4 aromatic rings. The average molecular weight is 395 g/mol. The third-order valence-corrected chi connectivity index (χ3v) is 6.09. The fraction of sp³-hybridized carbons (Fsp3) is 0.333. The summed E-state index contributed by atoms with van der Waals surface area (Å²) in [5.41, 5.74) is 4.91. The van der Waals surface area contributed by atoms with E-state index < -0.39 is 0 Å². The lowest BCUT2D eigenvalue weighted by atomic mass is 10.0. The highest BCUT2D eigenvalue weighted by molar-refractivity contribution is 6.31. The number of likely N-dealkylation sites (tertiary alicyclic amines) is 1. The van der Waals surface area contributed by atoms with Crippen molar-refractivity contribution in [2.45, 2.75) is 18.9 Å². The van der Waals surface area contributed by atoms with Crippen LogP contribution in [0.3, 0.4) is 0 Å². The van der Waals surface area contributed by atoms with Crippen molar-refractivity contribution in [3.05, 3.63) is 41.4 Å². The van der Waals surface area contributed by atoms with Crippen LogP contribution < -0.4 is 4.90 Å². The number of imidazole rings is 1. The van der Waals surface area contributed by atoms with Gasteiger partial charge in [0.1, 0.15) is 5.69 Å². The number of H-pyrrole nitrogens is 2. The third kappa shape index (κ3) is 3.02. The molecule has 0 aliphatic carbocycles. The van der Waals surface area contributed by atoms with E-state index in [-0.39, 0.29) is 0 Å². The van der Waals surface area contributed by atoms with Gasteiger partial charge in [0.2, 0.25) is 0 Å². The molecule has 1 fully saturated rings. The van der Waals surface area contributed by atoms with Crippen LogP contribution in [0.2, 0.25) is 5.02 Å². The summed E-state index contributed by atoms with van der Waals surface area (Å²) in [6.07, 6.45) is 2.39. The fourth-order valence-corrected chi connectivity index (χ4v) is 4.26. The molecule has 6 nitrogen and oxygen atoms in total. The number of rotatable bonds is 3. The van der Waals surface area contributed by atoms with Crippen LogP contribution in [-0.2, 0) is 0 Å². The van der Waals surface area contributed by atoms with Gasteiger partial charge in [-0.2, -0.15) is 5.10 Å². The average Bonchev–Trinajstić information content (AvgIpc) is 3.30. The zero-order chi connectivity index (χ0) is 19.3. The molecule has 0 saturated carbocycles. The van der Waals surface area contributed by atoms with E-state index >= 15 is 0 Å². The number of aromatic nitrogens is 4. The molecule has 2 aromatic heterocycles. The highest BCUT2D eigenvalue weighted by atomic mass is 35.5. The van der Waals surface area contributed by atoms with E-state index in [1.807, 2.05) is 18.2 Å². The fourth-order valence-electron chi connectivity index (χ4n) is 4.09. The molecule has 5 rings (SSSR count). The summed E-state index contributed by atoms with van der Waals surface area (Å²) in [6, 6.07) is 12.7. The van der Waals surface area contributed by atoms with Gasteiger partial charge in [0.15, 0.2) is 5.82 Å². The molecule has 1 saturated heterocycles. The highest BCUT2D eigenvalue weighted by Crippen LogP contribution is 2.30. The van der Waals surface area contributed by atoms with Crippen LogP contribution in [0.15, 0.2) is 36.4 Å². The van der Waals surface area contributed by atoms with Crippen molar-refractivity contribution >= 4 is 39.2 Å². The number of benzene rings is 2. The summed E-state index contributed by atoms with van der Waals surface area (Å²) in [6.45, 7) is 2.31. The number of anilines is 1. The normalized spacial score (nSPS) is 16.2. The van der Waals surface area contributed by atoms with Crippen LogP contribution in [-0.4, -0.2) is 58.3 Å². The first-order chi connectivity index (χ1) is 13.6. The van der Waals surface area contributed by atoms with E-state index in [0.717, 1.165) is 46.5 Å². The minimum atomic E-state index is 0.577. The molecular weight excluding hydrogens is 372 g/mol. The summed E-state index contributed by atoms with van der Waals surface area (Å²) < 4.78 is 0. The Morgan fingerprint density at radius 1 is 1.11 bits per heavy atom. The molecule has 0 bridgehead atoms. The topological polar surface area (TPSA) is 63.8 Å². The Balaban J connectivity index is 1.49. The maximum absolute atomic E-state index is 6.17. The van der Waals surface area contributed by atoms with E-state index in [1.54, 1.807) is 0 Å². The number of nitrogens with one attached hydrogen (secondary N) is 2. The van der Waals surface area contributed by atoms with Crippen molar-refractivity contribution in [1.82, 2.24) is 25.1 Å². The molecular formula is C21H23ClN6. The van der Waals surface area contributed by atoms with Crippen LogP contribution in [0, 0.1) is 0 Å². The summed E-state index contributed by atoms with van der Waals surface area (Å²) >= 11 is 6.17. The van der Waals surface area contributed by atoms with E-state index in [1.165, 1.54) is 18.5 Å². The van der Waals surface area contributed by atoms with Crippen LogP contribution in [0.25, 0.3) is 33.5 Å². The van der Waals surface area contributed by atoms with Crippen molar-refractivity contribution in [3.63, 3.8) is 0 Å². The number of nitrogens with zero attached hydrogens (tertiary/aromatic N) is 4. The molecule has 0 spiro atoms. The Bertz CT molecular complexity index is 1140. The first-order valence-electron chi connectivity index (χ1n) is 9.63. The Morgan fingerprint density at radius 2 is 1.93 bits per heavy atom. The molecule has 2 N–H and O–H groups in total. The van der Waals surface area contributed by atoms with Gasteiger partial charge < -0.3 is 14.8 Å². The Morgan fingerprint density at radius 3 is 2.75 bits per heavy atom. The molecule has 144 valence electrons. The van der Waals surface area contributed by atoms with Crippen molar-refractivity contribution in [2.75, 3.05) is 32.1 Å². The van der Waals surface area contributed by atoms with E-state index in [0.29, 0.717) is 11.1 Å². The number of halogens is 1. The second-order valence-electron chi connectivity index (χ2n) is 7.69. The maximum Gasteiger partial charge on any atom is 0.159 e. The predicted octanol–water partition coefficient (Wildman–Crippen LogP) is 4.29. The third-order valence-electron chi connectivity index (χ3n) is 5.86. The number of hydrogen-bond donors (Lipinski definition) is 2. The summed E-state index contributed by atoms with van der Waals surface area (Å²) in [7, 11) is 4.39. The van der Waals surface area contributed by atoms with Gasteiger partial charge in [0.05, 0.1) is 16.6 Å². The van der Waals surface area contributed by atoms with Gasteiger partial charge in [-0.15, -0.1) is 0 Å². The van der Waals surface area contributed by atoms with Gasteiger partial charge in [-0.1, -0.05) is 11.6 Å². The summed E-state index contributed by atoms with van der Waals surface area (Å²) in [5, 5.41) is 9.16.